The molecule has 0 atom stereocenters. The summed E-state index contributed by atoms with van der Waals surface area (Å²) in [5.41, 5.74) is 3.80. The second-order valence-corrected chi connectivity index (χ2v) is 10.3. The summed E-state index contributed by atoms with van der Waals surface area (Å²) < 4.78 is 29.3. The van der Waals surface area contributed by atoms with Crippen LogP contribution in [0.3, 0.4) is 0 Å². The minimum absolute atomic E-state index is 0. The Balaban J connectivity index is 0.00000300. The molecular formula is C20H23Br2N3O2S2. The van der Waals surface area contributed by atoms with Gasteiger partial charge in [0.15, 0.2) is 4.80 Å². The van der Waals surface area contributed by atoms with Crippen molar-refractivity contribution < 1.29 is 8.42 Å². The molecule has 0 aliphatic rings. The average Bonchev–Trinajstić information content (AvgIpc) is 3.06. The third-order valence-corrected chi connectivity index (χ3v) is 7.80. The molecule has 156 valence electrons. The number of benzene rings is 2. The predicted molar refractivity (Wildman–Crippen MR) is 129 cm³/mol. The van der Waals surface area contributed by atoms with E-state index in [9.17, 15) is 8.42 Å². The summed E-state index contributed by atoms with van der Waals surface area (Å²) in [7, 11) is -0.438. The van der Waals surface area contributed by atoms with Gasteiger partial charge in [-0.05, 0) is 43.7 Å². The van der Waals surface area contributed by atoms with E-state index in [0.717, 1.165) is 38.3 Å². The summed E-state index contributed by atoms with van der Waals surface area (Å²) in [5, 5.41) is 2.02. The van der Waals surface area contributed by atoms with Gasteiger partial charge in [-0.2, -0.15) is 0 Å². The fourth-order valence-electron chi connectivity index (χ4n) is 2.80. The van der Waals surface area contributed by atoms with Crippen molar-refractivity contribution in [2.45, 2.75) is 25.3 Å². The van der Waals surface area contributed by atoms with E-state index in [1.165, 1.54) is 18.4 Å². The minimum atomic E-state index is -3.51. The Labute approximate surface area is 194 Å². The number of thiazole rings is 1. The number of hydrogen-bond acceptors (Lipinski definition) is 4. The van der Waals surface area contributed by atoms with Crippen LogP contribution in [-0.4, -0.2) is 31.4 Å². The highest BCUT2D eigenvalue weighted by Crippen LogP contribution is 2.32. The summed E-state index contributed by atoms with van der Waals surface area (Å²) >= 11 is 5.12. The maximum Gasteiger partial charge on any atom is 0.242 e. The zero-order chi connectivity index (χ0) is 20.5. The van der Waals surface area contributed by atoms with Gasteiger partial charge in [0.1, 0.15) is 0 Å². The Bertz CT molecular complexity index is 1180. The summed E-state index contributed by atoms with van der Waals surface area (Å²) in [4.78, 5) is 5.97. The lowest BCUT2D eigenvalue weighted by Gasteiger charge is -2.14. The van der Waals surface area contributed by atoms with Gasteiger partial charge in [-0.3, -0.25) is 0 Å². The summed E-state index contributed by atoms with van der Waals surface area (Å²) in [5.74, 6) is 0. The fourth-order valence-corrected chi connectivity index (χ4v) is 5.16. The van der Waals surface area contributed by atoms with E-state index >= 15 is 0 Å². The molecule has 0 spiro atoms. The first kappa shape index (κ1) is 24.0. The highest BCUT2D eigenvalue weighted by atomic mass is 79.9. The maximum absolute atomic E-state index is 12.6. The highest BCUT2D eigenvalue weighted by Gasteiger charge is 2.20. The Hall–Kier alpha value is -1.26. The van der Waals surface area contributed by atoms with Gasteiger partial charge in [0.25, 0.3) is 0 Å². The molecule has 0 bridgehead atoms. The molecule has 0 saturated heterocycles. The van der Waals surface area contributed by atoms with Crippen LogP contribution >= 0.6 is 44.2 Å². The smallest absolute Gasteiger partial charge is 0.242 e. The van der Waals surface area contributed by atoms with Crippen molar-refractivity contribution in [2.75, 3.05) is 14.1 Å². The van der Waals surface area contributed by atoms with Crippen LogP contribution in [0.15, 0.2) is 62.2 Å². The molecule has 0 amide bonds. The van der Waals surface area contributed by atoms with Crippen molar-refractivity contribution in [3.8, 4) is 11.3 Å². The number of aromatic nitrogens is 1. The van der Waals surface area contributed by atoms with Crippen molar-refractivity contribution in [3.63, 3.8) is 0 Å². The molecule has 3 rings (SSSR count). The number of sulfonamides is 1. The Morgan fingerprint density at radius 2 is 1.86 bits per heavy atom. The van der Waals surface area contributed by atoms with Crippen molar-refractivity contribution in [3.05, 3.63) is 62.7 Å². The largest absolute Gasteiger partial charge is 0.317 e. The van der Waals surface area contributed by atoms with E-state index in [4.69, 9.17) is 4.99 Å². The van der Waals surface area contributed by atoms with Crippen LogP contribution in [0.2, 0.25) is 0 Å². The zero-order valence-electron chi connectivity index (χ0n) is 16.6. The molecule has 2 aromatic carbocycles. The lowest BCUT2D eigenvalue weighted by Crippen LogP contribution is -2.22. The molecule has 1 aromatic heterocycles. The number of rotatable bonds is 5. The average molecular weight is 561 g/mol. The van der Waals surface area contributed by atoms with Gasteiger partial charge >= 0.3 is 0 Å². The molecular weight excluding hydrogens is 538 g/mol. The van der Waals surface area contributed by atoms with Crippen LogP contribution in [0.4, 0.5) is 5.69 Å². The zero-order valence-corrected chi connectivity index (χ0v) is 21.5. The molecule has 0 radical (unpaired) electrons. The SMILES string of the molecule is Br.CCn1c(-c2cc(S(=O)(=O)N(C)C)ccc2Br)csc1=Nc1ccccc1C. The number of nitrogens with zero attached hydrogens (tertiary/aromatic N) is 3. The predicted octanol–water partition coefficient (Wildman–Crippen LogP) is 5.37. The molecule has 1 heterocycles. The first-order valence-electron chi connectivity index (χ1n) is 8.77. The fraction of sp³-hybridized carbons (Fsp3) is 0.250. The quantitative estimate of drug-likeness (QED) is 0.421. The monoisotopic (exact) mass is 559 g/mol. The highest BCUT2D eigenvalue weighted by molar-refractivity contribution is 9.10. The van der Waals surface area contributed by atoms with E-state index in [-0.39, 0.29) is 21.9 Å². The number of hydrogen-bond donors (Lipinski definition) is 0. The molecule has 29 heavy (non-hydrogen) atoms. The van der Waals surface area contributed by atoms with E-state index < -0.39 is 10.0 Å². The van der Waals surface area contributed by atoms with Gasteiger partial charge in [-0.25, -0.2) is 17.7 Å². The van der Waals surface area contributed by atoms with Gasteiger partial charge in [0.2, 0.25) is 10.0 Å². The Morgan fingerprint density at radius 3 is 2.48 bits per heavy atom. The third kappa shape index (κ3) is 4.91. The molecule has 3 aromatic rings. The number of aryl methyl sites for hydroxylation is 1. The lowest BCUT2D eigenvalue weighted by molar-refractivity contribution is 0.521. The van der Waals surface area contributed by atoms with Crippen molar-refractivity contribution in [1.82, 2.24) is 8.87 Å². The van der Waals surface area contributed by atoms with Gasteiger partial charge in [-0.15, -0.1) is 28.3 Å². The minimum Gasteiger partial charge on any atom is -0.317 e. The van der Waals surface area contributed by atoms with E-state index in [1.807, 2.05) is 36.6 Å². The second-order valence-electron chi connectivity index (χ2n) is 6.48. The summed E-state index contributed by atoms with van der Waals surface area (Å²) in [6.45, 7) is 4.82. The van der Waals surface area contributed by atoms with Crippen LogP contribution in [0.5, 0.6) is 0 Å². The first-order chi connectivity index (χ1) is 13.3. The molecule has 0 saturated carbocycles. The molecule has 0 N–H and O–H groups in total. The molecule has 9 heteroatoms. The van der Waals surface area contributed by atoms with Gasteiger partial charge < -0.3 is 4.57 Å². The van der Waals surface area contributed by atoms with Gasteiger partial charge in [-0.1, -0.05) is 34.1 Å². The first-order valence-corrected chi connectivity index (χ1v) is 11.9. The number of para-hydroxylation sites is 1. The Morgan fingerprint density at radius 1 is 1.17 bits per heavy atom. The van der Waals surface area contributed by atoms with Crippen LogP contribution in [-0.2, 0) is 16.6 Å². The van der Waals surface area contributed by atoms with Gasteiger partial charge in [0, 0.05) is 36.1 Å². The Kier molecular flexibility index (Phi) is 8.03. The normalized spacial score (nSPS) is 12.3. The lowest BCUT2D eigenvalue weighted by atomic mass is 10.2. The molecule has 0 unspecified atom stereocenters. The molecule has 0 aliphatic heterocycles. The van der Waals surface area contributed by atoms with Gasteiger partial charge in [0.05, 0.1) is 16.3 Å². The van der Waals surface area contributed by atoms with Crippen molar-refractivity contribution in [2.24, 2.45) is 4.99 Å². The van der Waals surface area contributed by atoms with Crippen LogP contribution < -0.4 is 4.80 Å². The molecule has 0 fully saturated rings. The van der Waals surface area contributed by atoms with Crippen LogP contribution in [0.1, 0.15) is 12.5 Å². The second kappa shape index (κ2) is 9.70. The van der Waals surface area contributed by atoms with Crippen molar-refractivity contribution >= 4 is 60.0 Å². The van der Waals surface area contributed by atoms with Crippen LogP contribution in [0, 0.1) is 6.92 Å². The number of halogens is 2. The van der Waals surface area contributed by atoms with Crippen LogP contribution in [0.25, 0.3) is 11.3 Å². The summed E-state index contributed by atoms with van der Waals surface area (Å²) in [6, 6.07) is 13.1. The standard InChI is InChI=1S/C20H22BrN3O2S2.BrH/c1-5-24-19(13-27-20(24)22-18-9-7-6-8-14(18)2)16-12-15(10-11-17(16)21)28(25,26)23(3)4;/h6-13H,5H2,1-4H3;1H. The van der Waals surface area contributed by atoms with Crippen molar-refractivity contribution in [1.29, 1.82) is 0 Å². The maximum atomic E-state index is 12.6. The van der Waals surface area contributed by atoms with E-state index in [2.05, 4.69) is 27.4 Å². The van der Waals surface area contributed by atoms with E-state index in [1.54, 1.807) is 29.5 Å². The third-order valence-electron chi connectivity index (χ3n) is 4.44. The van der Waals surface area contributed by atoms with E-state index in [0.29, 0.717) is 0 Å². The summed E-state index contributed by atoms with van der Waals surface area (Å²) in [6.07, 6.45) is 0. The molecule has 0 aliphatic carbocycles. The topological polar surface area (TPSA) is 54.7 Å². The molecule has 5 nitrogen and oxygen atoms in total.